The molecule has 7 nitrogen and oxygen atoms in total. The van der Waals surface area contributed by atoms with Gasteiger partial charge in [0.2, 0.25) is 0 Å². The fourth-order valence-electron chi connectivity index (χ4n) is 5.11. The summed E-state index contributed by atoms with van der Waals surface area (Å²) < 4.78 is 47.3. The Bertz CT molecular complexity index is 1480. The van der Waals surface area contributed by atoms with Crippen molar-refractivity contribution in [2.45, 2.75) is 38.1 Å². The van der Waals surface area contributed by atoms with Crippen LogP contribution in [0.3, 0.4) is 0 Å². The maximum atomic E-state index is 13.8. The number of rotatable bonds is 1. The van der Waals surface area contributed by atoms with E-state index in [-0.39, 0.29) is 17.8 Å². The average Bonchev–Trinajstić information content (AvgIpc) is 3.42. The van der Waals surface area contributed by atoms with Gasteiger partial charge < -0.3 is 15.4 Å². The van der Waals surface area contributed by atoms with E-state index < -0.39 is 17.8 Å². The molecule has 34 heavy (non-hydrogen) atoms. The first kappa shape index (κ1) is 20.8. The Labute approximate surface area is 192 Å². The van der Waals surface area contributed by atoms with Gasteiger partial charge in [-0.1, -0.05) is 6.07 Å². The van der Waals surface area contributed by atoms with Crippen LogP contribution in [-0.2, 0) is 6.18 Å². The van der Waals surface area contributed by atoms with Gasteiger partial charge in [-0.05, 0) is 49.6 Å². The molecule has 2 aliphatic heterocycles. The van der Waals surface area contributed by atoms with E-state index in [2.05, 4.69) is 9.97 Å². The van der Waals surface area contributed by atoms with Crippen molar-refractivity contribution in [2.75, 3.05) is 12.3 Å². The Morgan fingerprint density at radius 2 is 2.03 bits per heavy atom. The number of nitrogen functional groups attached to an aromatic ring is 1. The fraction of sp³-hybridized carbons (Fsp3) is 0.292. The van der Waals surface area contributed by atoms with E-state index in [1.165, 1.54) is 6.07 Å². The number of hydrogen-bond acceptors (Lipinski definition) is 5. The SMILES string of the molecule is Cc1cc2nc(N)c3cncn3c2cc1C(=O)N1CCC[C@@H]2Oc3cc(C(F)(F)F)ccc3[C@@H]21. The molecule has 0 spiro atoms. The molecule has 0 aliphatic carbocycles. The molecule has 6 rings (SSSR count). The fourth-order valence-corrected chi connectivity index (χ4v) is 5.11. The molecule has 0 bridgehead atoms. The van der Waals surface area contributed by atoms with Gasteiger partial charge in [0.1, 0.15) is 23.2 Å². The molecule has 0 radical (unpaired) electrons. The van der Waals surface area contributed by atoms with Crippen LogP contribution in [0.5, 0.6) is 5.75 Å². The van der Waals surface area contributed by atoms with E-state index in [4.69, 9.17) is 10.5 Å². The molecule has 0 unspecified atom stereocenters. The van der Waals surface area contributed by atoms with Gasteiger partial charge in [-0.25, -0.2) is 9.97 Å². The van der Waals surface area contributed by atoms with Gasteiger partial charge in [0, 0.05) is 17.7 Å². The molecule has 2 aliphatic rings. The number of carbonyl (C=O) groups is 1. The van der Waals surface area contributed by atoms with Crippen LogP contribution < -0.4 is 10.5 Å². The van der Waals surface area contributed by atoms with E-state index in [0.29, 0.717) is 52.9 Å². The van der Waals surface area contributed by atoms with E-state index in [1.54, 1.807) is 27.9 Å². The van der Waals surface area contributed by atoms with Crippen LogP contribution in [0.4, 0.5) is 19.0 Å². The number of halogens is 3. The van der Waals surface area contributed by atoms with Gasteiger partial charge in [0.05, 0.1) is 35.2 Å². The molecule has 1 fully saturated rings. The topological polar surface area (TPSA) is 85.8 Å². The number of amides is 1. The number of nitrogens with zero attached hydrogens (tertiary/aromatic N) is 4. The third-order valence-electron chi connectivity index (χ3n) is 6.73. The van der Waals surface area contributed by atoms with Crippen molar-refractivity contribution in [3.8, 4) is 5.75 Å². The summed E-state index contributed by atoms with van der Waals surface area (Å²) >= 11 is 0. The Hall–Kier alpha value is -3.82. The number of aryl methyl sites for hydroxylation is 1. The quantitative estimate of drug-likeness (QED) is 0.445. The monoisotopic (exact) mass is 467 g/mol. The normalized spacial score (nSPS) is 19.8. The number of carbonyl (C=O) groups excluding carboxylic acids is 1. The highest BCUT2D eigenvalue weighted by Crippen LogP contribution is 2.47. The number of fused-ring (bicyclic) bond motifs is 6. The molecule has 4 heterocycles. The lowest BCUT2D eigenvalue weighted by Crippen LogP contribution is -2.44. The highest BCUT2D eigenvalue weighted by Gasteiger charge is 2.44. The highest BCUT2D eigenvalue weighted by molar-refractivity contribution is 6.00. The van der Waals surface area contributed by atoms with Gasteiger partial charge >= 0.3 is 6.18 Å². The number of aromatic nitrogens is 3. The number of hydrogen-bond donors (Lipinski definition) is 1. The van der Waals surface area contributed by atoms with E-state index in [1.807, 2.05) is 13.0 Å². The molecule has 0 saturated carbocycles. The minimum absolute atomic E-state index is 0.194. The molecule has 2 aromatic carbocycles. The summed E-state index contributed by atoms with van der Waals surface area (Å²) in [7, 11) is 0. The zero-order valence-electron chi connectivity index (χ0n) is 18.1. The molecular formula is C24H20F3N5O2. The highest BCUT2D eigenvalue weighted by atomic mass is 19.4. The second-order valence-corrected chi connectivity index (χ2v) is 8.79. The molecule has 2 atom stereocenters. The van der Waals surface area contributed by atoms with Crippen LogP contribution >= 0.6 is 0 Å². The van der Waals surface area contributed by atoms with Crippen molar-refractivity contribution in [3.63, 3.8) is 0 Å². The van der Waals surface area contributed by atoms with Crippen LogP contribution in [0.25, 0.3) is 16.6 Å². The predicted molar refractivity (Wildman–Crippen MR) is 119 cm³/mol. The maximum absolute atomic E-state index is 13.8. The molecule has 1 saturated heterocycles. The first-order chi connectivity index (χ1) is 16.2. The third-order valence-corrected chi connectivity index (χ3v) is 6.73. The van der Waals surface area contributed by atoms with Gasteiger partial charge in [0.15, 0.2) is 0 Å². The zero-order valence-corrected chi connectivity index (χ0v) is 18.1. The molecule has 10 heteroatoms. The van der Waals surface area contributed by atoms with Crippen LogP contribution in [0.2, 0.25) is 0 Å². The Morgan fingerprint density at radius 1 is 1.21 bits per heavy atom. The predicted octanol–water partition coefficient (Wildman–Crippen LogP) is 4.53. The molecule has 1 amide bonds. The average molecular weight is 467 g/mol. The number of likely N-dealkylation sites (tertiary alicyclic amines) is 1. The minimum Gasteiger partial charge on any atom is -0.488 e. The lowest BCUT2D eigenvalue weighted by molar-refractivity contribution is -0.137. The molecular weight excluding hydrogens is 447 g/mol. The summed E-state index contributed by atoms with van der Waals surface area (Å²) in [5, 5.41) is 0. The second-order valence-electron chi connectivity index (χ2n) is 8.79. The summed E-state index contributed by atoms with van der Waals surface area (Å²) in [4.78, 5) is 24.1. The molecule has 2 aromatic heterocycles. The van der Waals surface area contributed by atoms with Gasteiger partial charge in [-0.2, -0.15) is 13.2 Å². The summed E-state index contributed by atoms with van der Waals surface area (Å²) in [6.45, 7) is 2.32. The van der Waals surface area contributed by atoms with Gasteiger partial charge in [0.25, 0.3) is 5.91 Å². The molecule has 4 aromatic rings. The minimum atomic E-state index is -4.46. The van der Waals surface area contributed by atoms with E-state index in [9.17, 15) is 18.0 Å². The Morgan fingerprint density at radius 3 is 2.82 bits per heavy atom. The van der Waals surface area contributed by atoms with Crippen LogP contribution in [-0.4, -0.2) is 37.8 Å². The van der Waals surface area contributed by atoms with Crippen molar-refractivity contribution in [2.24, 2.45) is 0 Å². The van der Waals surface area contributed by atoms with Crippen molar-refractivity contribution in [1.82, 2.24) is 19.3 Å². The number of nitrogens with two attached hydrogens (primary N) is 1. The van der Waals surface area contributed by atoms with Crippen molar-refractivity contribution < 1.29 is 22.7 Å². The van der Waals surface area contributed by atoms with E-state index in [0.717, 1.165) is 17.7 Å². The summed E-state index contributed by atoms with van der Waals surface area (Å²) in [6, 6.07) is 6.67. The van der Waals surface area contributed by atoms with Crippen LogP contribution in [0.15, 0.2) is 42.9 Å². The summed E-state index contributed by atoms with van der Waals surface area (Å²) in [6.07, 6.45) is -0.238. The molecule has 2 N–H and O–H groups in total. The number of anilines is 1. The Balaban J connectivity index is 1.43. The lowest BCUT2D eigenvalue weighted by atomic mass is 9.92. The standard InChI is InChI=1S/C24H20F3N5O2/c1-12-7-16-17(32-11-29-10-18(32)22(28)30-16)9-15(12)23(33)31-6-2-3-19-21(31)14-5-4-13(24(25,26)27)8-20(14)34-19/h4-5,7-11,19,21H,2-3,6H2,1H3,(H2,28,30)/t19-,21-/m0/s1. The smallest absolute Gasteiger partial charge is 0.416 e. The first-order valence-corrected chi connectivity index (χ1v) is 10.9. The maximum Gasteiger partial charge on any atom is 0.416 e. The van der Waals surface area contributed by atoms with Gasteiger partial charge in [-0.3, -0.25) is 9.20 Å². The first-order valence-electron chi connectivity index (χ1n) is 10.9. The summed E-state index contributed by atoms with van der Waals surface area (Å²) in [5.41, 5.74) is 9.10. The number of imidazole rings is 1. The molecule has 174 valence electrons. The van der Waals surface area contributed by atoms with E-state index >= 15 is 0 Å². The van der Waals surface area contributed by atoms with Gasteiger partial charge in [-0.15, -0.1) is 0 Å². The lowest BCUT2D eigenvalue weighted by Gasteiger charge is -2.37. The Kier molecular flexibility index (Phi) is 4.33. The largest absolute Gasteiger partial charge is 0.488 e. The van der Waals surface area contributed by atoms with Crippen molar-refractivity contribution in [3.05, 3.63) is 65.1 Å². The second kappa shape index (κ2) is 7.09. The van der Waals surface area contributed by atoms with Crippen LogP contribution in [0, 0.1) is 6.92 Å². The number of ether oxygens (including phenoxy) is 1. The van der Waals surface area contributed by atoms with Crippen molar-refractivity contribution >= 4 is 28.3 Å². The van der Waals surface area contributed by atoms with Crippen molar-refractivity contribution in [1.29, 1.82) is 0 Å². The number of benzene rings is 2. The number of alkyl halides is 3. The number of piperidine rings is 1. The van der Waals surface area contributed by atoms with Crippen LogP contribution in [0.1, 0.15) is 45.9 Å². The zero-order chi connectivity index (χ0) is 23.8. The summed E-state index contributed by atoms with van der Waals surface area (Å²) in [5.74, 6) is 0.343. The third kappa shape index (κ3) is 3.01.